The van der Waals surface area contributed by atoms with Crippen LogP contribution in [0.5, 0.6) is 0 Å². The number of carbonyl (C=O) groups is 1. The van der Waals surface area contributed by atoms with Crippen molar-refractivity contribution < 1.29 is 17.9 Å². The average Bonchev–Trinajstić information content (AvgIpc) is 2.26. The van der Waals surface area contributed by atoms with Crippen LogP contribution in [-0.2, 0) is 19.4 Å². The van der Waals surface area contributed by atoms with E-state index < -0.39 is 9.84 Å². The highest BCUT2D eigenvalue weighted by Crippen LogP contribution is 2.18. The van der Waals surface area contributed by atoms with Crippen LogP contribution in [-0.4, -0.2) is 57.5 Å². The fourth-order valence-electron chi connectivity index (χ4n) is 1.95. The molecule has 5 nitrogen and oxygen atoms in total. The summed E-state index contributed by atoms with van der Waals surface area (Å²) in [5.41, 5.74) is 0. The Kier molecular flexibility index (Phi) is 5.39. The second-order valence-electron chi connectivity index (χ2n) is 4.50. The number of ether oxygens (including phenoxy) is 1. The van der Waals surface area contributed by atoms with E-state index in [4.69, 9.17) is 4.74 Å². The molecule has 0 aromatic carbocycles. The Morgan fingerprint density at radius 2 is 1.94 bits per heavy atom. The van der Waals surface area contributed by atoms with Gasteiger partial charge in [-0.2, -0.15) is 0 Å². The molecule has 0 N–H and O–H groups in total. The highest BCUT2D eigenvalue weighted by molar-refractivity contribution is 7.90. The lowest BCUT2D eigenvalue weighted by molar-refractivity contribution is -0.149. The van der Waals surface area contributed by atoms with E-state index in [0.29, 0.717) is 13.2 Å². The van der Waals surface area contributed by atoms with Gasteiger partial charge in [0.2, 0.25) is 0 Å². The van der Waals surface area contributed by atoms with Crippen molar-refractivity contribution in [2.75, 3.05) is 38.2 Å². The predicted molar refractivity (Wildman–Crippen MR) is 65.5 cm³/mol. The summed E-state index contributed by atoms with van der Waals surface area (Å²) in [6.45, 7) is 4.35. The lowest BCUT2D eigenvalue weighted by Gasteiger charge is -2.30. The second-order valence-corrected chi connectivity index (χ2v) is 6.76. The predicted octanol–water partition coefficient (Wildman–Crippen LogP) is 0.306. The first kappa shape index (κ1) is 14.4. The minimum absolute atomic E-state index is 0.00978. The van der Waals surface area contributed by atoms with Gasteiger partial charge in [0.25, 0.3) is 0 Å². The van der Waals surface area contributed by atoms with Crippen LogP contribution >= 0.6 is 0 Å². The van der Waals surface area contributed by atoms with Gasteiger partial charge in [-0.1, -0.05) is 0 Å². The first-order chi connectivity index (χ1) is 7.92. The van der Waals surface area contributed by atoms with Crippen molar-refractivity contribution in [3.63, 3.8) is 0 Å². The van der Waals surface area contributed by atoms with Crippen LogP contribution in [0.25, 0.3) is 0 Å². The van der Waals surface area contributed by atoms with Crippen molar-refractivity contribution in [1.29, 1.82) is 0 Å². The maximum atomic E-state index is 11.5. The SMILES string of the molecule is CCOC(=O)C1CCN(CCS(C)(=O)=O)CC1. The van der Waals surface area contributed by atoms with E-state index in [1.165, 1.54) is 6.26 Å². The molecular weight excluding hydrogens is 242 g/mol. The molecular formula is C11H21NO4S. The smallest absolute Gasteiger partial charge is 0.309 e. The van der Waals surface area contributed by atoms with Gasteiger partial charge in [0.05, 0.1) is 18.3 Å². The monoisotopic (exact) mass is 263 g/mol. The molecule has 0 radical (unpaired) electrons. The highest BCUT2D eigenvalue weighted by Gasteiger charge is 2.25. The molecule has 0 spiro atoms. The first-order valence-electron chi connectivity index (χ1n) is 5.99. The van der Waals surface area contributed by atoms with E-state index in [1.54, 1.807) is 6.92 Å². The summed E-state index contributed by atoms with van der Waals surface area (Å²) < 4.78 is 27.0. The van der Waals surface area contributed by atoms with E-state index in [0.717, 1.165) is 25.9 Å². The zero-order valence-electron chi connectivity index (χ0n) is 10.5. The number of piperidine rings is 1. The molecule has 6 heteroatoms. The van der Waals surface area contributed by atoms with Gasteiger partial charge in [0.15, 0.2) is 0 Å². The first-order valence-corrected chi connectivity index (χ1v) is 8.05. The van der Waals surface area contributed by atoms with Crippen LogP contribution in [0.15, 0.2) is 0 Å². The zero-order chi connectivity index (χ0) is 12.9. The van der Waals surface area contributed by atoms with Crippen LogP contribution in [0.2, 0.25) is 0 Å². The molecule has 0 aliphatic carbocycles. The van der Waals surface area contributed by atoms with Crippen LogP contribution in [0.4, 0.5) is 0 Å². The molecule has 0 unspecified atom stereocenters. The highest BCUT2D eigenvalue weighted by atomic mass is 32.2. The van der Waals surface area contributed by atoms with Crippen molar-refractivity contribution in [3.05, 3.63) is 0 Å². The normalized spacial score (nSPS) is 19.2. The molecule has 1 saturated heterocycles. The Labute approximate surface area is 103 Å². The van der Waals surface area contributed by atoms with Gasteiger partial charge < -0.3 is 9.64 Å². The third kappa shape index (κ3) is 5.50. The summed E-state index contributed by atoms with van der Waals surface area (Å²) in [5.74, 6) is 0.0663. The van der Waals surface area contributed by atoms with Crippen molar-refractivity contribution in [3.8, 4) is 0 Å². The second kappa shape index (κ2) is 6.35. The van der Waals surface area contributed by atoms with Crippen LogP contribution in [0, 0.1) is 5.92 Å². The zero-order valence-corrected chi connectivity index (χ0v) is 11.3. The summed E-state index contributed by atoms with van der Waals surface area (Å²) in [7, 11) is -2.90. The van der Waals surface area contributed by atoms with E-state index in [-0.39, 0.29) is 17.6 Å². The van der Waals surface area contributed by atoms with Crippen molar-refractivity contribution >= 4 is 15.8 Å². The molecule has 0 atom stereocenters. The summed E-state index contributed by atoms with van der Waals surface area (Å²) >= 11 is 0. The Morgan fingerprint density at radius 1 is 1.35 bits per heavy atom. The van der Waals surface area contributed by atoms with Gasteiger partial charge in [-0.05, 0) is 32.9 Å². The Bertz CT molecular complexity index is 344. The molecule has 1 rings (SSSR count). The molecule has 0 aromatic rings. The van der Waals surface area contributed by atoms with E-state index in [2.05, 4.69) is 4.90 Å². The van der Waals surface area contributed by atoms with E-state index >= 15 is 0 Å². The van der Waals surface area contributed by atoms with Gasteiger partial charge in [0, 0.05) is 12.8 Å². The quantitative estimate of drug-likeness (QED) is 0.668. The summed E-state index contributed by atoms with van der Waals surface area (Å²) in [4.78, 5) is 13.6. The van der Waals surface area contributed by atoms with Crippen LogP contribution in [0.1, 0.15) is 19.8 Å². The number of sulfone groups is 1. The molecule has 17 heavy (non-hydrogen) atoms. The van der Waals surface area contributed by atoms with Crippen molar-refractivity contribution in [2.45, 2.75) is 19.8 Å². The van der Waals surface area contributed by atoms with Crippen molar-refractivity contribution in [2.24, 2.45) is 5.92 Å². The molecule has 1 heterocycles. The van der Waals surface area contributed by atoms with Gasteiger partial charge in [-0.25, -0.2) is 8.42 Å². The van der Waals surface area contributed by atoms with Gasteiger partial charge >= 0.3 is 5.97 Å². The van der Waals surface area contributed by atoms with Crippen LogP contribution in [0.3, 0.4) is 0 Å². The molecule has 1 aliphatic heterocycles. The molecule has 1 fully saturated rings. The third-order valence-corrected chi connectivity index (χ3v) is 3.91. The Morgan fingerprint density at radius 3 is 2.41 bits per heavy atom. The Hall–Kier alpha value is -0.620. The Balaban J connectivity index is 2.28. The lowest BCUT2D eigenvalue weighted by Crippen LogP contribution is -2.39. The standard InChI is InChI=1S/C11H21NO4S/c1-3-16-11(13)10-4-6-12(7-5-10)8-9-17(2,14)15/h10H,3-9H2,1-2H3. The number of rotatable bonds is 5. The maximum absolute atomic E-state index is 11.5. The molecule has 1 aliphatic rings. The molecule has 0 bridgehead atoms. The van der Waals surface area contributed by atoms with Crippen LogP contribution < -0.4 is 0 Å². The van der Waals surface area contributed by atoms with Crippen molar-refractivity contribution in [1.82, 2.24) is 4.90 Å². The van der Waals surface area contributed by atoms with Gasteiger partial charge in [-0.3, -0.25) is 4.79 Å². The molecule has 100 valence electrons. The summed E-state index contributed by atoms with van der Waals surface area (Å²) in [5, 5.41) is 0. The average molecular weight is 263 g/mol. The van der Waals surface area contributed by atoms with E-state index in [1.807, 2.05) is 0 Å². The number of likely N-dealkylation sites (tertiary alicyclic amines) is 1. The maximum Gasteiger partial charge on any atom is 0.309 e. The number of carbonyl (C=O) groups excluding carboxylic acids is 1. The largest absolute Gasteiger partial charge is 0.466 e. The fourth-order valence-corrected chi connectivity index (χ4v) is 2.54. The van der Waals surface area contributed by atoms with Gasteiger partial charge in [0.1, 0.15) is 9.84 Å². The minimum atomic E-state index is -2.90. The summed E-state index contributed by atoms with van der Waals surface area (Å²) in [6, 6.07) is 0. The number of hydrogen-bond donors (Lipinski definition) is 0. The van der Waals surface area contributed by atoms with E-state index in [9.17, 15) is 13.2 Å². The minimum Gasteiger partial charge on any atom is -0.466 e. The summed E-state index contributed by atoms with van der Waals surface area (Å²) in [6.07, 6.45) is 2.78. The molecule has 0 aromatic heterocycles. The third-order valence-electron chi connectivity index (χ3n) is 2.99. The molecule has 0 saturated carbocycles. The molecule has 0 amide bonds. The fraction of sp³-hybridized carbons (Fsp3) is 0.909. The lowest BCUT2D eigenvalue weighted by atomic mass is 9.97. The number of nitrogens with zero attached hydrogens (tertiary/aromatic N) is 1. The van der Waals surface area contributed by atoms with Gasteiger partial charge in [-0.15, -0.1) is 0 Å². The number of hydrogen-bond acceptors (Lipinski definition) is 5. The number of esters is 1. The topological polar surface area (TPSA) is 63.7 Å².